The molecule has 0 amide bonds. The summed E-state index contributed by atoms with van der Waals surface area (Å²) in [5.41, 5.74) is 2.43. The van der Waals surface area contributed by atoms with E-state index in [2.05, 4.69) is 5.10 Å². The Hall–Kier alpha value is -3.34. The van der Waals surface area contributed by atoms with Crippen LogP contribution in [0.2, 0.25) is 0 Å². The first-order valence-electron chi connectivity index (χ1n) is 7.52. The minimum Gasteiger partial charge on any atom is -0.508 e. The maximum atomic E-state index is 12.5. The number of phenolic OH excluding ortho intramolecular Hbond substituents is 1. The van der Waals surface area contributed by atoms with E-state index in [1.807, 2.05) is 30.3 Å². The molecule has 2 heterocycles. The maximum absolute atomic E-state index is 12.5. The molecule has 0 atom stereocenters. The molecule has 0 aliphatic rings. The lowest BCUT2D eigenvalue weighted by molar-refractivity contribution is 0.475. The molecule has 24 heavy (non-hydrogen) atoms. The number of aromatic hydroxyl groups is 1. The molecule has 0 spiro atoms. The van der Waals surface area contributed by atoms with Crippen LogP contribution in [0.5, 0.6) is 5.75 Å². The Kier molecular flexibility index (Phi) is 3.20. The molecule has 1 N–H and O–H groups in total. The SMILES string of the molecule is Cc1nn(-c2ccccc2)c2oc(-c3ccc(O)cc3)cc(=O)c12. The van der Waals surface area contributed by atoms with Gasteiger partial charge in [-0.15, -0.1) is 0 Å². The Morgan fingerprint density at radius 1 is 1.04 bits per heavy atom. The van der Waals surface area contributed by atoms with Gasteiger partial charge in [0.25, 0.3) is 0 Å². The van der Waals surface area contributed by atoms with Gasteiger partial charge in [0.05, 0.1) is 11.4 Å². The lowest BCUT2D eigenvalue weighted by atomic mass is 10.1. The largest absolute Gasteiger partial charge is 0.508 e. The molecular weight excluding hydrogens is 304 g/mol. The summed E-state index contributed by atoms with van der Waals surface area (Å²) in [6, 6.07) is 17.5. The van der Waals surface area contributed by atoms with Crippen LogP contribution in [0.1, 0.15) is 5.69 Å². The molecule has 0 aliphatic heterocycles. The van der Waals surface area contributed by atoms with Crippen molar-refractivity contribution in [2.45, 2.75) is 6.92 Å². The van der Waals surface area contributed by atoms with E-state index in [1.54, 1.807) is 35.9 Å². The number of phenols is 1. The maximum Gasteiger partial charge on any atom is 0.234 e. The van der Waals surface area contributed by atoms with Gasteiger partial charge in [0.2, 0.25) is 5.71 Å². The van der Waals surface area contributed by atoms with Gasteiger partial charge in [-0.2, -0.15) is 9.78 Å². The smallest absolute Gasteiger partial charge is 0.234 e. The van der Waals surface area contributed by atoms with Crippen molar-refractivity contribution in [2.75, 3.05) is 0 Å². The minimum atomic E-state index is -0.140. The van der Waals surface area contributed by atoms with E-state index in [0.29, 0.717) is 28.1 Å². The average Bonchev–Trinajstić information content (AvgIpc) is 2.93. The fourth-order valence-electron chi connectivity index (χ4n) is 2.72. The molecule has 2 aromatic heterocycles. The number of aromatic nitrogens is 2. The summed E-state index contributed by atoms with van der Waals surface area (Å²) in [4.78, 5) is 12.5. The molecule has 5 heteroatoms. The first kappa shape index (κ1) is 14.3. The third-order valence-electron chi connectivity index (χ3n) is 3.89. The van der Waals surface area contributed by atoms with Crippen LogP contribution in [0.4, 0.5) is 0 Å². The summed E-state index contributed by atoms with van der Waals surface area (Å²) in [6.45, 7) is 1.79. The molecule has 118 valence electrons. The average molecular weight is 318 g/mol. The van der Waals surface area contributed by atoms with Crippen molar-refractivity contribution in [3.05, 3.63) is 76.6 Å². The lowest BCUT2D eigenvalue weighted by Gasteiger charge is -2.04. The van der Waals surface area contributed by atoms with Gasteiger partial charge in [-0.25, -0.2) is 0 Å². The van der Waals surface area contributed by atoms with Crippen LogP contribution < -0.4 is 5.43 Å². The van der Waals surface area contributed by atoms with Crippen molar-refractivity contribution in [3.63, 3.8) is 0 Å². The van der Waals surface area contributed by atoms with Crippen LogP contribution in [0, 0.1) is 6.92 Å². The molecule has 5 nitrogen and oxygen atoms in total. The fraction of sp³-hybridized carbons (Fsp3) is 0.0526. The molecule has 0 unspecified atom stereocenters. The topological polar surface area (TPSA) is 68.3 Å². The Morgan fingerprint density at radius 2 is 1.75 bits per heavy atom. The summed E-state index contributed by atoms with van der Waals surface area (Å²) in [5, 5.41) is 14.3. The van der Waals surface area contributed by atoms with Crippen molar-refractivity contribution < 1.29 is 9.52 Å². The van der Waals surface area contributed by atoms with E-state index in [9.17, 15) is 9.90 Å². The summed E-state index contributed by atoms with van der Waals surface area (Å²) in [5.74, 6) is 0.594. The van der Waals surface area contributed by atoms with Crippen LogP contribution in [-0.2, 0) is 0 Å². The second-order valence-corrected chi connectivity index (χ2v) is 5.53. The Bertz CT molecular complexity index is 1080. The highest BCUT2D eigenvalue weighted by atomic mass is 16.3. The predicted octanol–water partition coefficient (Wildman–Crippen LogP) is 3.66. The number of nitrogens with zero attached hydrogens (tertiary/aromatic N) is 2. The van der Waals surface area contributed by atoms with E-state index >= 15 is 0 Å². The molecule has 0 saturated carbocycles. The summed E-state index contributed by atoms with van der Waals surface area (Å²) < 4.78 is 7.63. The predicted molar refractivity (Wildman–Crippen MR) is 91.4 cm³/mol. The molecule has 0 bridgehead atoms. The number of hydrogen-bond donors (Lipinski definition) is 1. The van der Waals surface area contributed by atoms with Crippen LogP contribution in [0.25, 0.3) is 28.1 Å². The number of para-hydroxylation sites is 1. The number of hydrogen-bond acceptors (Lipinski definition) is 4. The Morgan fingerprint density at radius 3 is 2.46 bits per heavy atom. The van der Waals surface area contributed by atoms with E-state index in [0.717, 1.165) is 5.69 Å². The second kappa shape index (κ2) is 5.38. The van der Waals surface area contributed by atoms with E-state index in [-0.39, 0.29) is 11.2 Å². The van der Waals surface area contributed by atoms with Gasteiger partial charge in [0.15, 0.2) is 5.43 Å². The van der Waals surface area contributed by atoms with E-state index < -0.39 is 0 Å². The summed E-state index contributed by atoms with van der Waals surface area (Å²) in [7, 11) is 0. The molecule has 4 aromatic rings. The van der Waals surface area contributed by atoms with Crippen molar-refractivity contribution in [1.29, 1.82) is 0 Å². The van der Waals surface area contributed by atoms with Crippen molar-refractivity contribution >= 4 is 11.1 Å². The highest BCUT2D eigenvalue weighted by Crippen LogP contribution is 2.26. The number of rotatable bonds is 2. The zero-order valence-corrected chi connectivity index (χ0v) is 12.9. The van der Waals surface area contributed by atoms with Gasteiger partial charge in [0, 0.05) is 11.6 Å². The zero-order valence-electron chi connectivity index (χ0n) is 12.9. The first-order chi connectivity index (χ1) is 11.6. The molecule has 0 radical (unpaired) electrons. The van der Waals surface area contributed by atoms with Crippen LogP contribution in [-0.4, -0.2) is 14.9 Å². The minimum absolute atomic E-state index is 0.140. The van der Waals surface area contributed by atoms with Gasteiger partial charge < -0.3 is 9.52 Å². The van der Waals surface area contributed by atoms with Crippen LogP contribution in [0.15, 0.2) is 69.9 Å². The van der Waals surface area contributed by atoms with Crippen molar-refractivity contribution in [2.24, 2.45) is 0 Å². The van der Waals surface area contributed by atoms with Gasteiger partial charge in [-0.05, 0) is 43.3 Å². The molecular formula is C19H14N2O3. The number of aryl methyl sites for hydroxylation is 1. The van der Waals surface area contributed by atoms with Gasteiger partial charge in [-0.3, -0.25) is 4.79 Å². The Balaban J connectivity index is 2.00. The second-order valence-electron chi connectivity index (χ2n) is 5.53. The monoisotopic (exact) mass is 318 g/mol. The lowest BCUT2D eigenvalue weighted by Crippen LogP contribution is -2.01. The van der Waals surface area contributed by atoms with Gasteiger partial charge >= 0.3 is 0 Å². The zero-order chi connectivity index (χ0) is 16.7. The first-order valence-corrected chi connectivity index (χ1v) is 7.52. The molecule has 0 saturated heterocycles. The molecule has 0 aliphatic carbocycles. The molecule has 2 aromatic carbocycles. The summed E-state index contributed by atoms with van der Waals surface area (Å²) in [6.07, 6.45) is 0. The van der Waals surface area contributed by atoms with Crippen LogP contribution in [0.3, 0.4) is 0 Å². The molecule has 4 rings (SSSR count). The highest BCUT2D eigenvalue weighted by Gasteiger charge is 2.16. The van der Waals surface area contributed by atoms with Gasteiger partial charge in [-0.1, -0.05) is 18.2 Å². The van der Waals surface area contributed by atoms with Gasteiger partial charge in [0.1, 0.15) is 16.9 Å². The summed E-state index contributed by atoms with van der Waals surface area (Å²) >= 11 is 0. The van der Waals surface area contributed by atoms with Crippen molar-refractivity contribution in [3.8, 4) is 22.8 Å². The van der Waals surface area contributed by atoms with E-state index in [4.69, 9.17) is 4.42 Å². The normalized spacial score (nSPS) is 11.0. The van der Waals surface area contributed by atoms with Crippen molar-refractivity contribution in [1.82, 2.24) is 9.78 Å². The molecule has 0 fully saturated rings. The van der Waals surface area contributed by atoms with Crippen LogP contribution >= 0.6 is 0 Å². The standard InChI is InChI=1S/C19H14N2O3/c1-12-18-16(23)11-17(13-7-9-15(22)10-8-13)24-19(18)21(20-12)14-5-3-2-4-6-14/h2-11,22H,1H3. The third kappa shape index (κ3) is 2.27. The Labute approximate surface area is 137 Å². The number of benzene rings is 2. The quantitative estimate of drug-likeness (QED) is 0.612. The number of fused-ring (bicyclic) bond motifs is 1. The fourth-order valence-corrected chi connectivity index (χ4v) is 2.72. The van der Waals surface area contributed by atoms with E-state index in [1.165, 1.54) is 6.07 Å². The third-order valence-corrected chi connectivity index (χ3v) is 3.89. The highest BCUT2D eigenvalue weighted by molar-refractivity contribution is 5.80.